The first-order valence-corrected chi connectivity index (χ1v) is 4.27. The van der Waals surface area contributed by atoms with Gasteiger partial charge in [-0.05, 0) is 0 Å². The van der Waals surface area contributed by atoms with Crippen molar-refractivity contribution in [1.82, 2.24) is 0 Å². The summed E-state index contributed by atoms with van der Waals surface area (Å²) in [5.74, 6) is -5.25. The average Bonchev–Trinajstić information content (AvgIpc) is 1.97. The molecular formula is C6H2F4Sn. The van der Waals surface area contributed by atoms with E-state index in [4.69, 9.17) is 0 Å². The molecule has 0 aromatic heterocycles. The maximum absolute atomic E-state index is 12.4. The first kappa shape index (κ1) is 8.83. The second-order valence-corrected chi connectivity index (χ2v) is 3.53. The third-order valence-corrected chi connectivity index (χ3v) is 2.59. The number of benzene rings is 1. The fraction of sp³-hybridized carbons (Fsp3) is 0. The van der Waals surface area contributed by atoms with Gasteiger partial charge >= 0.3 is 73.0 Å². The molecule has 0 aliphatic heterocycles. The molecule has 0 nitrogen and oxygen atoms in total. The van der Waals surface area contributed by atoms with Crippen molar-refractivity contribution < 1.29 is 17.6 Å². The quantitative estimate of drug-likeness (QED) is 0.370. The Morgan fingerprint density at radius 2 is 1.27 bits per heavy atom. The zero-order valence-electron chi connectivity index (χ0n) is 5.17. The van der Waals surface area contributed by atoms with E-state index in [1.807, 2.05) is 0 Å². The Morgan fingerprint density at radius 1 is 0.909 bits per heavy atom. The van der Waals surface area contributed by atoms with E-state index in [-0.39, 0.29) is 28.6 Å². The summed E-state index contributed by atoms with van der Waals surface area (Å²) < 4.78 is 48.9. The maximum atomic E-state index is 12.4. The molecule has 0 N–H and O–H groups in total. The van der Waals surface area contributed by atoms with Gasteiger partial charge < -0.3 is 0 Å². The summed E-state index contributed by atoms with van der Waals surface area (Å²) in [7, 11) is 0. The summed E-state index contributed by atoms with van der Waals surface area (Å²) in [4.78, 5) is 0. The van der Waals surface area contributed by atoms with Gasteiger partial charge in [-0.2, -0.15) is 0 Å². The minimum absolute atomic E-state index is 0.0111. The van der Waals surface area contributed by atoms with Gasteiger partial charge in [0.2, 0.25) is 0 Å². The first-order chi connectivity index (χ1) is 5.04. The van der Waals surface area contributed by atoms with Crippen LogP contribution in [0.15, 0.2) is 6.07 Å². The second-order valence-electron chi connectivity index (χ2n) is 1.88. The van der Waals surface area contributed by atoms with Gasteiger partial charge in [0.1, 0.15) is 0 Å². The molecule has 0 bridgehead atoms. The molecule has 1 aromatic rings. The van der Waals surface area contributed by atoms with Crippen LogP contribution in [0, 0.1) is 23.3 Å². The normalized spacial score (nSPS) is 10.3. The van der Waals surface area contributed by atoms with Crippen molar-refractivity contribution in [1.29, 1.82) is 0 Å². The van der Waals surface area contributed by atoms with E-state index in [9.17, 15) is 17.6 Å². The van der Waals surface area contributed by atoms with Crippen LogP contribution in [0.25, 0.3) is 0 Å². The van der Waals surface area contributed by atoms with Crippen molar-refractivity contribution >= 4 is 26.1 Å². The summed E-state index contributed by atoms with van der Waals surface area (Å²) in [5, 5.41) is 0. The van der Waals surface area contributed by atoms with Crippen molar-refractivity contribution in [3.8, 4) is 0 Å². The molecule has 1 aromatic carbocycles. The summed E-state index contributed by atoms with van der Waals surface area (Å²) in [5.41, 5.74) is 0. The predicted octanol–water partition coefficient (Wildman–Crippen LogP) is 0.769. The van der Waals surface area contributed by atoms with Crippen LogP contribution in [0.3, 0.4) is 0 Å². The van der Waals surface area contributed by atoms with Crippen LogP contribution in [0.4, 0.5) is 17.6 Å². The summed E-state index contributed by atoms with van der Waals surface area (Å²) >= 11 is 0.0111. The zero-order chi connectivity index (χ0) is 8.59. The molecule has 58 valence electrons. The topological polar surface area (TPSA) is 0 Å². The first-order valence-electron chi connectivity index (χ1n) is 2.62. The van der Waals surface area contributed by atoms with Crippen LogP contribution < -0.4 is 3.58 Å². The van der Waals surface area contributed by atoms with E-state index >= 15 is 0 Å². The second kappa shape index (κ2) is 3.00. The number of hydrogen-bond donors (Lipinski definition) is 0. The molecule has 0 aliphatic carbocycles. The van der Waals surface area contributed by atoms with E-state index in [2.05, 4.69) is 0 Å². The van der Waals surface area contributed by atoms with Gasteiger partial charge in [-0.25, -0.2) is 0 Å². The molecule has 0 amide bonds. The molecule has 0 saturated heterocycles. The fourth-order valence-electron chi connectivity index (χ4n) is 0.592. The monoisotopic (exact) mass is 270 g/mol. The minimum atomic E-state index is -1.34. The molecule has 0 saturated carbocycles. The number of rotatable bonds is 0. The zero-order valence-corrected chi connectivity index (χ0v) is 8.46. The van der Waals surface area contributed by atoms with E-state index in [0.29, 0.717) is 0 Å². The molecular weight excluding hydrogens is 267 g/mol. The molecule has 0 spiro atoms. The standard InChI is InChI=1S/C6HF4.Sn.H/c7-3-1-4(8)6(10)2-5(3)9;;/h1H;;. The summed E-state index contributed by atoms with van der Waals surface area (Å²) in [6, 6.07) is 0.199. The van der Waals surface area contributed by atoms with Crippen LogP contribution >= 0.6 is 0 Å². The molecule has 0 heterocycles. The predicted molar refractivity (Wildman–Crippen MR) is 33.1 cm³/mol. The van der Waals surface area contributed by atoms with Gasteiger partial charge in [0, 0.05) is 0 Å². The van der Waals surface area contributed by atoms with Crippen molar-refractivity contribution in [2.75, 3.05) is 0 Å². The number of halogens is 4. The van der Waals surface area contributed by atoms with E-state index in [1.165, 1.54) is 0 Å². The van der Waals surface area contributed by atoms with E-state index in [1.54, 1.807) is 0 Å². The van der Waals surface area contributed by atoms with Gasteiger partial charge in [-0.15, -0.1) is 0 Å². The Morgan fingerprint density at radius 3 is 1.64 bits per heavy atom. The molecule has 0 atom stereocenters. The molecule has 0 fully saturated rings. The van der Waals surface area contributed by atoms with Crippen LogP contribution in [-0.4, -0.2) is 22.5 Å². The Bertz CT molecular complexity index is 271. The Labute approximate surface area is 73.3 Å². The van der Waals surface area contributed by atoms with Crippen LogP contribution in [-0.2, 0) is 0 Å². The molecule has 0 aliphatic rings. The summed E-state index contributed by atoms with van der Waals surface area (Å²) in [6.07, 6.45) is 0. The molecule has 5 heteroatoms. The van der Waals surface area contributed by atoms with Gasteiger partial charge in [0.25, 0.3) is 0 Å². The van der Waals surface area contributed by atoms with Crippen LogP contribution in [0.1, 0.15) is 0 Å². The molecule has 0 unspecified atom stereocenters. The third-order valence-electron chi connectivity index (χ3n) is 1.15. The molecule has 2 radical (unpaired) electrons. The number of hydrogen-bond acceptors (Lipinski definition) is 0. The van der Waals surface area contributed by atoms with Crippen molar-refractivity contribution in [2.45, 2.75) is 0 Å². The Hall–Kier alpha value is -0.261. The van der Waals surface area contributed by atoms with E-state index < -0.39 is 26.8 Å². The van der Waals surface area contributed by atoms with E-state index in [0.717, 1.165) is 0 Å². The van der Waals surface area contributed by atoms with Crippen LogP contribution in [0.2, 0.25) is 0 Å². The van der Waals surface area contributed by atoms with Gasteiger partial charge in [-0.1, -0.05) is 0 Å². The SMILES string of the molecule is Fc1cc(F)c(F)[c]([SnH])c1F. The van der Waals surface area contributed by atoms with Crippen molar-refractivity contribution in [3.05, 3.63) is 29.3 Å². The van der Waals surface area contributed by atoms with Crippen molar-refractivity contribution in [3.63, 3.8) is 0 Å². The Kier molecular flexibility index (Phi) is 2.41. The molecule has 1 rings (SSSR count). The van der Waals surface area contributed by atoms with Gasteiger partial charge in [0.15, 0.2) is 0 Å². The summed E-state index contributed by atoms with van der Waals surface area (Å²) in [6.45, 7) is 0. The fourth-order valence-corrected chi connectivity index (χ4v) is 1.38. The van der Waals surface area contributed by atoms with Gasteiger partial charge in [0.05, 0.1) is 0 Å². The molecule has 11 heavy (non-hydrogen) atoms. The average molecular weight is 269 g/mol. The Balaban J connectivity index is 3.46. The van der Waals surface area contributed by atoms with Crippen molar-refractivity contribution in [2.24, 2.45) is 0 Å². The van der Waals surface area contributed by atoms with Crippen LogP contribution in [0.5, 0.6) is 0 Å². The van der Waals surface area contributed by atoms with Gasteiger partial charge in [-0.3, -0.25) is 0 Å². The third kappa shape index (κ3) is 1.50.